The third-order valence-corrected chi connectivity index (χ3v) is 2.27. The van der Waals surface area contributed by atoms with Gasteiger partial charge in [-0.25, -0.2) is 0 Å². The number of fused-ring (bicyclic) bond motifs is 4. The van der Waals surface area contributed by atoms with Crippen molar-refractivity contribution < 1.29 is 4.74 Å². The van der Waals surface area contributed by atoms with E-state index in [1.54, 1.807) is 0 Å². The zero-order valence-corrected chi connectivity index (χ0v) is 5.60. The van der Waals surface area contributed by atoms with Gasteiger partial charge in [0.1, 0.15) is 0 Å². The summed E-state index contributed by atoms with van der Waals surface area (Å²) in [6, 6.07) is 0.832. The second-order valence-electron chi connectivity index (χ2n) is 3.06. The summed E-state index contributed by atoms with van der Waals surface area (Å²) in [5.74, 6) is 0.878. The summed E-state index contributed by atoms with van der Waals surface area (Å²) in [6.07, 6.45) is 2.69. The second kappa shape index (κ2) is 2.27. The minimum Gasteiger partial charge on any atom is -0.380 e. The molecule has 2 nitrogen and oxygen atoms in total. The van der Waals surface area contributed by atoms with Crippen molar-refractivity contribution in [2.75, 3.05) is 19.8 Å². The fourth-order valence-electron chi connectivity index (χ4n) is 1.62. The van der Waals surface area contributed by atoms with Gasteiger partial charge in [-0.2, -0.15) is 0 Å². The van der Waals surface area contributed by atoms with Crippen LogP contribution in [-0.4, -0.2) is 25.8 Å². The third-order valence-electron chi connectivity index (χ3n) is 2.27. The van der Waals surface area contributed by atoms with Gasteiger partial charge in [0.05, 0.1) is 6.61 Å². The fraction of sp³-hybridized carbons (Fsp3) is 1.00. The maximum Gasteiger partial charge on any atom is 0.0591 e. The molecule has 0 aromatic rings. The van der Waals surface area contributed by atoms with Gasteiger partial charge in [-0.05, 0) is 18.8 Å². The van der Waals surface area contributed by atoms with Crippen LogP contribution in [0.3, 0.4) is 0 Å². The van der Waals surface area contributed by atoms with Crippen LogP contribution in [0.4, 0.5) is 0 Å². The third kappa shape index (κ3) is 1.10. The highest BCUT2D eigenvalue weighted by atomic mass is 16.5. The monoisotopic (exact) mass is 127 g/mol. The van der Waals surface area contributed by atoms with E-state index >= 15 is 0 Å². The van der Waals surface area contributed by atoms with Crippen molar-refractivity contribution in [3.63, 3.8) is 0 Å². The first-order chi connectivity index (χ1) is 4.45. The normalized spacial score (nSPS) is 42.7. The minimum atomic E-state index is 0.832. The van der Waals surface area contributed by atoms with E-state index in [2.05, 4.69) is 5.32 Å². The van der Waals surface area contributed by atoms with E-state index in [-0.39, 0.29) is 0 Å². The lowest BCUT2D eigenvalue weighted by molar-refractivity contribution is 0.0298. The lowest BCUT2D eigenvalue weighted by atomic mass is 9.80. The molecule has 2 aliphatic heterocycles. The molecule has 2 heteroatoms. The SMILES string of the molecule is C1COCC2CC(C2)N1. The topological polar surface area (TPSA) is 21.3 Å². The van der Waals surface area contributed by atoms with Gasteiger partial charge in [0.2, 0.25) is 0 Å². The summed E-state index contributed by atoms with van der Waals surface area (Å²) < 4.78 is 5.36. The van der Waals surface area contributed by atoms with Crippen molar-refractivity contribution in [1.82, 2.24) is 5.32 Å². The van der Waals surface area contributed by atoms with Crippen LogP contribution < -0.4 is 5.32 Å². The van der Waals surface area contributed by atoms with Crippen LogP contribution in [0.15, 0.2) is 0 Å². The molecule has 1 saturated carbocycles. The molecular formula is C7H13NO. The van der Waals surface area contributed by atoms with Crippen LogP contribution in [0.5, 0.6) is 0 Å². The van der Waals surface area contributed by atoms with Crippen molar-refractivity contribution in [3.05, 3.63) is 0 Å². The highest BCUT2D eigenvalue weighted by Crippen LogP contribution is 2.28. The Hall–Kier alpha value is -0.0800. The van der Waals surface area contributed by atoms with Crippen LogP contribution in [0.1, 0.15) is 12.8 Å². The highest BCUT2D eigenvalue weighted by molar-refractivity contribution is 4.85. The number of nitrogens with one attached hydrogen (secondary N) is 1. The van der Waals surface area contributed by atoms with Crippen LogP contribution >= 0.6 is 0 Å². The van der Waals surface area contributed by atoms with Crippen LogP contribution in [0.2, 0.25) is 0 Å². The molecule has 0 aromatic heterocycles. The van der Waals surface area contributed by atoms with Crippen molar-refractivity contribution >= 4 is 0 Å². The van der Waals surface area contributed by atoms with Crippen molar-refractivity contribution in [3.8, 4) is 0 Å². The Labute approximate surface area is 55.6 Å². The van der Waals surface area contributed by atoms with Crippen molar-refractivity contribution in [2.24, 2.45) is 5.92 Å². The first-order valence-corrected chi connectivity index (χ1v) is 3.76. The number of hydrogen-bond acceptors (Lipinski definition) is 2. The quantitative estimate of drug-likeness (QED) is 0.508. The molecule has 2 bridgehead atoms. The van der Waals surface area contributed by atoms with Gasteiger partial charge in [-0.3, -0.25) is 0 Å². The van der Waals surface area contributed by atoms with Gasteiger partial charge in [0.15, 0.2) is 0 Å². The van der Waals surface area contributed by atoms with Crippen LogP contribution in [-0.2, 0) is 4.74 Å². The number of ether oxygens (including phenoxy) is 1. The Kier molecular flexibility index (Phi) is 1.44. The van der Waals surface area contributed by atoms with Crippen LogP contribution in [0, 0.1) is 5.92 Å². The molecule has 2 saturated heterocycles. The van der Waals surface area contributed by atoms with Crippen LogP contribution in [0.25, 0.3) is 0 Å². The first kappa shape index (κ1) is 5.69. The summed E-state index contributed by atoms with van der Waals surface area (Å²) in [5.41, 5.74) is 0. The average Bonchev–Trinajstić information content (AvgIpc) is 1.54. The van der Waals surface area contributed by atoms with Gasteiger partial charge in [-0.15, -0.1) is 0 Å². The lowest BCUT2D eigenvalue weighted by Crippen LogP contribution is -2.46. The Balaban J connectivity index is 1.85. The largest absolute Gasteiger partial charge is 0.380 e. The van der Waals surface area contributed by atoms with Gasteiger partial charge in [-0.1, -0.05) is 0 Å². The predicted octanol–water partition coefficient (Wildman–Crippen LogP) is 0.385. The van der Waals surface area contributed by atoms with E-state index in [1.807, 2.05) is 0 Å². The first-order valence-electron chi connectivity index (χ1n) is 3.76. The minimum absolute atomic E-state index is 0.832. The molecule has 0 spiro atoms. The van der Waals surface area contributed by atoms with Gasteiger partial charge in [0.25, 0.3) is 0 Å². The van der Waals surface area contributed by atoms with E-state index < -0.39 is 0 Å². The molecule has 1 N–H and O–H groups in total. The van der Waals surface area contributed by atoms with Gasteiger partial charge in [0, 0.05) is 19.2 Å². The maximum atomic E-state index is 5.36. The molecule has 1 aliphatic carbocycles. The van der Waals surface area contributed by atoms with E-state index in [9.17, 15) is 0 Å². The predicted molar refractivity (Wildman–Crippen MR) is 35.3 cm³/mol. The second-order valence-corrected chi connectivity index (χ2v) is 3.06. The molecular weight excluding hydrogens is 114 g/mol. The fourth-order valence-corrected chi connectivity index (χ4v) is 1.62. The zero-order valence-electron chi connectivity index (χ0n) is 5.60. The molecule has 3 aliphatic rings. The maximum absolute atomic E-state index is 5.36. The number of rotatable bonds is 0. The standard InChI is InChI=1S/C7H13NO/c1-2-9-5-6-3-7(4-6)8-1/h6-8H,1-5H2. The molecule has 0 amide bonds. The van der Waals surface area contributed by atoms with Gasteiger partial charge >= 0.3 is 0 Å². The summed E-state index contributed by atoms with van der Waals surface area (Å²) in [4.78, 5) is 0. The van der Waals surface area contributed by atoms with E-state index in [0.29, 0.717) is 0 Å². The molecule has 0 unspecified atom stereocenters. The molecule has 2 heterocycles. The number of hydrogen-bond donors (Lipinski definition) is 1. The Morgan fingerprint density at radius 2 is 2.22 bits per heavy atom. The Morgan fingerprint density at radius 3 is 3.11 bits per heavy atom. The van der Waals surface area contributed by atoms with E-state index in [0.717, 1.165) is 31.7 Å². The lowest BCUT2D eigenvalue weighted by Gasteiger charge is -2.38. The summed E-state index contributed by atoms with van der Waals surface area (Å²) in [7, 11) is 0. The molecule has 0 radical (unpaired) electrons. The zero-order chi connectivity index (χ0) is 6.10. The van der Waals surface area contributed by atoms with Crippen molar-refractivity contribution in [1.29, 1.82) is 0 Å². The summed E-state index contributed by atoms with van der Waals surface area (Å²) >= 11 is 0. The van der Waals surface area contributed by atoms with E-state index in [4.69, 9.17) is 4.74 Å². The van der Waals surface area contributed by atoms with Gasteiger partial charge < -0.3 is 10.1 Å². The smallest absolute Gasteiger partial charge is 0.0591 e. The molecule has 9 heavy (non-hydrogen) atoms. The average molecular weight is 127 g/mol. The van der Waals surface area contributed by atoms with E-state index in [1.165, 1.54) is 12.8 Å². The molecule has 3 rings (SSSR count). The molecule has 3 fully saturated rings. The Morgan fingerprint density at radius 1 is 1.33 bits per heavy atom. The van der Waals surface area contributed by atoms with Crippen molar-refractivity contribution in [2.45, 2.75) is 18.9 Å². The molecule has 0 aromatic carbocycles. The summed E-state index contributed by atoms with van der Waals surface area (Å²) in [5, 5.41) is 3.43. The Bertz CT molecular complexity index is 83.6. The molecule has 0 atom stereocenters. The molecule has 52 valence electrons. The highest BCUT2D eigenvalue weighted by Gasteiger charge is 2.29. The summed E-state index contributed by atoms with van der Waals surface area (Å²) in [6.45, 7) is 2.97.